The van der Waals surface area contributed by atoms with Gasteiger partial charge in [-0.05, 0) is 87.2 Å². The highest BCUT2D eigenvalue weighted by molar-refractivity contribution is 5.86. The molecule has 0 atom stereocenters. The molecule has 0 N–H and O–H groups in total. The number of hydrogen-bond donors (Lipinski definition) is 0. The summed E-state index contributed by atoms with van der Waals surface area (Å²) >= 11 is 0. The number of anilines is 4. The molecule has 0 fully saturated rings. The van der Waals surface area contributed by atoms with Gasteiger partial charge in [-0.2, -0.15) is 0 Å². The molecule has 3 aromatic rings. The van der Waals surface area contributed by atoms with Gasteiger partial charge >= 0.3 is 0 Å². The van der Waals surface area contributed by atoms with E-state index in [1.165, 1.54) is 62.0 Å². The molecule has 4 nitrogen and oxygen atoms in total. The highest BCUT2D eigenvalue weighted by Gasteiger charge is 2.27. The summed E-state index contributed by atoms with van der Waals surface area (Å²) in [5.41, 5.74) is 14.3. The van der Waals surface area contributed by atoms with Gasteiger partial charge < -0.3 is 19.6 Å². The van der Waals surface area contributed by atoms with Crippen molar-refractivity contribution in [3.63, 3.8) is 0 Å². The Morgan fingerprint density at radius 2 is 1.18 bits per heavy atom. The molecule has 2 aliphatic rings. The molecular formula is C29H34N4. The predicted molar refractivity (Wildman–Crippen MR) is 141 cm³/mol. The van der Waals surface area contributed by atoms with Crippen LogP contribution in [0.1, 0.15) is 30.5 Å². The lowest BCUT2D eigenvalue weighted by atomic mass is 9.93. The minimum atomic E-state index is 0.849. The van der Waals surface area contributed by atoms with Gasteiger partial charge in [0.25, 0.3) is 0 Å². The third-order valence-corrected chi connectivity index (χ3v) is 7.28. The van der Waals surface area contributed by atoms with Crippen LogP contribution < -0.4 is 14.7 Å². The molecule has 0 bridgehead atoms. The number of para-hydroxylation sites is 2. The van der Waals surface area contributed by atoms with Gasteiger partial charge in [-0.15, -0.1) is 0 Å². The Morgan fingerprint density at radius 3 is 1.79 bits per heavy atom. The Balaban J connectivity index is 1.70. The normalized spacial score (nSPS) is 15.7. The van der Waals surface area contributed by atoms with Crippen LogP contribution in [0.3, 0.4) is 0 Å². The molecule has 0 amide bonds. The van der Waals surface area contributed by atoms with Gasteiger partial charge in [0.1, 0.15) is 0 Å². The van der Waals surface area contributed by atoms with E-state index in [0.717, 1.165) is 13.3 Å². The molecule has 0 unspecified atom stereocenters. The minimum Gasteiger partial charge on any atom is -0.359 e. The lowest BCUT2D eigenvalue weighted by molar-refractivity contribution is 0.460. The molecule has 0 saturated carbocycles. The number of rotatable bonds is 3. The van der Waals surface area contributed by atoms with Gasteiger partial charge in [0.2, 0.25) is 0 Å². The first-order chi connectivity index (χ1) is 15.7. The van der Waals surface area contributed by atoms with E-state index in [4.69, 9.17) is 0 Å². The van der Waals surface area contributed by atoms with Gasteiger partial charge in [-0.3, -0.25) is 0 Å². The average Bonchev–Trinajstić information content (AvgIpc) is 3.24. The fraction of sp³-hybridized carbons (Fsp3) is 0.310. The Kier molecular flexibility index (Phi) is 5.12. The molecule has 0 spiro atoms. The summed E-state index contributed by atoms with van der Waals surface area (Å²) < 4.78 is 0. The molecule has 0 aromatic heterocycles. The molecule has 5 rings (SSSR count). The molecule has 0 radical (unpaired) electrons. The zero-order chi connectivity index (χ0) is 23.4. The highest BCUT2D eigenvalue weighted by Crippen LogP contribution is 2.43. The van der Waals surface area contributed by atoms with Crippen molar-refractivity contribution in [3.8, 4) is 11.1 Å². The summed E-state index contributed by atoms with van der Waals surface area (Å²) in [6.07, 6.45) is 0. The van der Waals surface area contributed by atoms with Crippen LogP contribution in [0.5, 0.6) is 0 Å². The van der Waals surface area contributed by atoms with Crippen molar-refractivity contribution in [1.29, 1.82) is 0 Å². The summed E-state index contributed by atoms with van der Waals surface area (Å²) in [7, 11) is 4.34. The quantitative estimate of drug-likeness (QED) is 0.446. The molecule has 3 aromatic carbocycles. The van der Waals surface area contributed by atoms with Crippen LogP contribution in [0.25, 0.3) is 11.1 Å². The number of nitrogens with zero attached hydrogens (tertiary/aromatic N) is 4. The highest BCUT2D eigenvalue weighted by atomic mass is 15.4. The second-order valence-corrected chi connectivity index (χ2v) is 9.71. The van der Waals surface area contributed by atoms with Gasteiger partial charge in [0, 0.05) is 36.9 Å². The number of aryl methyl sites for hydroxylation is 3. The standard InChI is InChI=1S/C29H34N4/c1-19-12-20(2)29(21(3)13-19)24-14-25(32-17-30(6)22(4)23(32)5)16-26(15-24)33-18-31(7)27-10-8-9-11-28(27)33/h8-16H,17-18H2,1-7H3. The summed E-state index contributed by atoms with van der Waals surface area (Å²) in [6.45, 7) is 12.8. The van der Waals surface area contributed by atoms with E-state index in [1.54, 1.807) is 0 Å². The van der Waals surface area contributed by atoms with E-state index < -0.39 is 0 Å². The van der Waals surface area contributed by atoms with Gasteiger partial charge in [0.05, 0.1) is 24.7 Å². The first-order valence-corrected chi connectivity index (χ1v) is 11.7. The third kappa shape index (κ3) is 3.54. The molecule has 2 heterocycles. The van der Waals surface area contributed by atoms with Crippen molar-refractivity contribution in [3.05, 3.63) is 82.7 Å². The van der Waals surface area contributed by atoms with Crippen molar-refractivity contribution >= 4 is 22.7 Å². The minimum absolute atomic E-state index is 0.849. The van der Waals surface area contributed by atoms with Crippen molar-refractivity contribution in [2.75, 3.05) is 42.1 Å². The molecule has 2 aliphatic heterocycles. The van der Waals surface area contributed by atoms with Crippen LogP contribution in [0.4, 0.5) is 22.7 Å². The van der Waals surface area contributed by atoms with Crippen molar-refractivity contribution in [1.82, 2.24) is 4.90 Å². The van der Waals surface area contributed by atoms with Crippen molar-refractivity contribution in [2.45, 2.75) is 34.6 Å². The summed E-state index contributed by atoms with van der Waals surface area (Å²) in [5, 5.41) is 0. The van der Waals surface area contributed by atoms with Crippen LogP contribution in [-0.2, 0) is 0 Å². The number of allylic oxidation sites excluding steroid dienone is 2. The fourth-order valence-corrected chi connectivity index (χ4v) is 5.46. The first kappa shape index (κ1) is 21.4. The van der Waals surface area contributed by atoms with Crippen molar-refractivity contribution in [2.24, 2.45) is 0 Å². The zero-order valence-corrected chi connectivity index (χ0v) is 20.9. The summed E-state index contributed by atoms with van der Waals surface area (Å²) in [4.78, 5) is 9.52. The summed E-state index contributed by atoms with van der Waals surface area (Å²) in [6, 6.07) is 20.4. The fourth-order valence-electron chi connectivity index (χ4n) is 5.46. The first-order valence-electron chi connectivity index (χ1n) is 11.7. The number of hydrogen-bond acceptors (Lipinski definition) is 4. The van der Waals surface area contributed by atoms with Crippen LogP contribution >= 0.6 is 0 Å². The van der Waals surface area contributed by atoms with Gasteiger partial charge in [0.15, 0.2) is 0 Å². The van der Waals surface area contributed by atoms with Crippen LogP contribution in [0.2, 0.25) is 0 Å². The van der Waals surface area contributed by atoms with E-state index >= 15 is 0 Å². The van der Waals surface area contributed by atoms with Gasteiger partial charge in [-0.25, -0.2) is 0 Å². The predicted octanol–water partition coefficient (Wildman–Crippen LogP) is 6.78. The Morgan fingerprint density at radius 1 is 0.606 bits per heavy atom. The number of benzene rings is 3. The Bertz CT molecular complexity index is 1250. The Labute approximate surface area is 198 Å². The largest absolute Gasteiger partial charge is 0.359 e. The topological polar surface area (TPSA) is 13.0 Å². The lowest BCUT2D eigenvalue weighted by Gasteiger charge is -2.27. The second-order valence-electron chi connectivity index (χ2n) is 9.71. The molecule has 33 heavy (non-hydrogen) atoms. The van der Waals surface area contributed by atoms with Crippen molar-refractivity contribution < 1.29 is 0 Å². The van der Waals surface area contributed by atoms with E-state index in [1.807, 2.05) is 0 Å². The molecule has 0 saturated heterocycles. The maximum absolute atomic E-state index is 2.44. The third-order valence-electron chi connectivity index (χ3n) is 7.28. The monoisotopic (exact) mass is 438 g/mol. The second kappa shape index (κ2) is 7.87. The zero-order valence-electron chi connectivity index (χ0n) is 20.9. The molecule has 4 heteroatoms. The van der Waals surface area contributed by atoms with Crippen LogP contribution in [0.15, 0.2) is 66.0 Å². The van der Waals surface area contributed by atoms with Gasteiger partial charge in [-0.1, -0.05) is 29.8 Å². The van der Waals surface area contributed by atoms with E-state index in [2.05, 4.69) is 123 Å². The van der Waals surface area contributed by atoms with Crippen LogP contribution in [0, 0.1) is 20.8 Å². The smallest absolute Gasteiger partial charge is 0.0950 e. The molecular weight excluding hydrogens is 404 g/mol. The summed E-state index contributed by atoms with van der Waals surface area (Å²) in [5.74, 6) is 0. The number of fused-ring (bicyclic) bond motifs is 1. The van der Waals surface area contributed by atoms with E-state index in [0.29, 0.717) is 0 Å². The Hall–Kier alpha value is -3.40. The van der Waals surface area contributed by atoms with E-state index in [-0.39, 0.29) is 0 Å². The maximum atomic E-state index is 2.44. The maximum Gasteiger partial charge on any atom is 0.0950 e. The SMILES string of the molecule is CC1=C(C)N(c2cc(-c3c(C)cc(C)cc3C)cc(N3CN(C)c4ccccc43)c2)CN1C. The van der Waals surface area contributed by atoms with Crippen LogP contribution in [-0.4, -0.2) is 32.3 Å². The van der Waals surface area contributed by atoms with E-state index in [9.17, 15) is 0 Å². The average molecular weight is 439 g/mol. The molecule has 0 aliphatic carbocycles. The molecule has 170 valence electrons. The lowest BCUT2D eigenvalue weighted by Crippen LogP contribution is -2.26.